The summed E-state index contributed by atoms with van der Waals surface area (Å²) in [6.07, 6.45) is 3.19. The number of aliphatic hydroxyl groups excluding tert-OH is 1. The number of hydrogen-bond acceptors (Lipinski definition) is 5. The lowest BCUT2D eigenvalue weighted by atomic mass is 10.0. The molecule has 1 unspecified atom stereocenters. The molecule has 0 amide bonds. The molecule has 1 heterocycles. The van der Waals surface area contributed by atoms with Gasteiger partial charge in [-0.3, -0.25) is 4.90 Å². The topological polar surface area (TPSA) is 78.9 Å². The third-order valence-corrected chi connectivity index (χ3v) is 5.79. The van der Waals surface area contributed by atoms with Crippen molar-refractivity contribution in [2.45, 2.75) is 37.1 Å². The van der Waals surface area contributed by atoms with Gasteiger partial charge in [0.05, 0.1) is 18.6 Å². The quantitative estimate of drug-likeness (QED) is 0.777. The van der Waals surface area contributed by atoms with Gasteiger partial charge in [-0.1, -0.05) is 6.42 Å². The third-order valence-electron chi connectivity index (χ3n) is 4.33. The van der Waals surface area contributed by atoms with E-state index in [1.54, 1.807) is 25.3 Å². The molecule has 2 rings (SSSR count). The van der Waals surface area contributed by atoms with Gasteiger partial charge in [-0.15, -0.1) is 0 Å². The number of rotatable bonds is 7. The highest BCUT2D eigenvalue weighted by molar-refractivity contribution is 7.89. The van der Waals surface area contributed by atoms with Crippen LogP contribution in [0.15, 0.2) is 23.1 Å². The van der Waals surface area contributed by atoms with Crippen molar-refractivity contribution in [2.75, 3.05) is 33.4 Å². The summed E-state index contributed by atoms with van der Waals surface area (Å²) in [4.78, 5) is 2.40. The van der Waals surface area contributed by atoms with Crippen molar-refractivity contribution in [2.24, 2.45) is 0 Å². The molecule has 6 nitrogen and oxygen atoms in total. The van der Waals surface area contributed by atoms with E-state index in [1.807, 2.05) is 6.92 Å². The lowest BCUT2D eigenvalue weighted by Gasteiger charge is -2.34. The van der Waals surface area contributed by atoms with Gasteiger partial charge in [-0.25, -0.2) is 13.1 Å². The molecule has 0 spiro atoms. The van der Waals surface area contributed by atoms with Crippen LogP contribution in [0.3, 0.4) is 0 Å². The average Bonchev–Trinajstić information content (AvgIpc) is 2.55. The number of hydrogen-bond donors (Lipinski definition) is 2. The molecular formula is C16H26N2O4S. The molecule has 1 fully saturated rings. The molecular weight excluding hydrogens is 316 g/mol. The van der Waals surface area contributed by atoms with E-state index in [0.29, 0.717) is 18.8 Å². The molecule has 0 aromatic heterocycles. The molecule has 1 aromatic rings. The normalized spacial score (nSPS) is 19.7. The van der Waals surface area contributed by atoms with Gasteiger partial charge in [-0.2, -0.15) is 0 Å². The van der Waals surface area contributed by atoms with Crippen molar-refractivity contribution in [3.63, 3.8) is 0 Å². The minimum Gasteiger partial charge on any atom is -0.496 e. The second-order valence-electron chi connectivity index (χ2n) is 5.90. The molecule has 1 aliphatic rings. The predicted molar refractivity (Wildman–Crippen MR) is 89.2 cm³/mol. The van der Waals surface area contributed by atoms with Crippen LogP contribution in [0.25, 0.3) is 0 Å². The molecule has 0 bridgehead atoms. The molecule has 1 aromatic carbocycles. The standard InChI is InChI=1S/C16H26N2O4S/c1-13-11-15(6-7-16(13)22-2)23(20,21)17-8-10-18-9-4-3-5-14(18)12-19/h6-7,11,14,17,19H,3-5,8-10,12H2,1-2H3. The lowest BCUT2D eigenvalue weighted by Crippen LogP contribution is -2.45. The fourth-order valence-corrected chi connectivity index (χ4v) is 4.09. The summed E-state index contributed by atoms with van der Waals surface area (Å²) in [7, 11) is -1.97. The fourth-order valence-electron chi connectivity index (χ4n) is 2.99. The second kappa shape index (κ2) is 8.10. The fraction of sp³-hybridized carbons (Fsp3) is 0.625. The minimum atomic E-state index is -3.53. The molecule has 1 atom stereocenters. The number of benzene rings is 1. The van der Waals surface area contributed by atoms with Crippen LogP contribution in [0, 0.1) is 6.92 Å². The summed E-state index contributed by atoms with van der Waals surface area (Å²) in [5.74, 6) is 0.669. The monoisotopic (exact) mass is 342 g/mol. The van der Waals surface area contributed by atoms with Crippen molar-refractivity contribution >= 4 is 10.0 Å². The zero-order valence-electron chi connectivity index (χ0n) is 13.8. The molecule has 0 aliphatic carbocycles. The van der Waals surface area contributed by atoms with Gasteiger partial charge < -0.3 is 9.84 Å². The van der Waals surface area contributed by atoms with Crippen molar-refractivity contribution in [3.05, 3.63) is 23.8 Å². The third kappa shape index (κ3) is 4.67. The summed E-state index contributed by atoms with van der Waals surface area (Å²) >= 11 is 0. The van der Waals surface area contributed by atoms with Crippen molar-refractivity contribution in [1.29, 1.82) is 0 Å². The van der Waals surface area contributed by atoms with Crippen LogP contribution in [0.4, 0.5) is 0 Å². The summed E-state index contributed by atoms with van der Waals surface area (Å²) < 4.78 is 32.5. The molecule has 0 saturated carbocycles. The molecule has 130 valence electrons. The van der Waals surface area contributed by atoms with Crippen molar-refractivity contribution in [1.82, 2.24) is 9.62 Å². The zero-order valence-corrected chi connectivity index (χ0v) is 14.6. The van der Waals surface area contributed by atoms with E-state index in [2.05, 4.69) is 9.62 Å². The average molecular weight is 342 g/mol. The highest BCUT2D eigenvalue weighted by Crippen LogP contribution is 2.21. The number of sulfonamides is 1. The number of likely N-dealkylation sites (tertiary alicyclic amines) is 1. The maximum Gasteiger partial charge on any atom is 0.240 e. The van der Waals surface area contributed by atoms with Crippen LogP contribution >= 0.6 is 0 Å². The number of nitrogens with one attached hydrogen (secondary N) is 1. The smallest absolute Gasteiger partial charge is 0.240 e. The van der Waals surface area contributed by atoms with E-state index in [-0.39, 0.29) is 17.5 Å². The first-order valence-corrected chi connectivity index (χ1v) is 9.45. The Kier molecular flexibility index (Phi) is 6.41. The Labute approximate surface area is 138 Å². The van der Waals surface area contributed by atoms with Crippen molar-refractivity contribution in [3.8, 4) is 5.75 Å². The van der Waals surface area contributed by atoms with Gasteiger partial charge in [-0.05, 0) is 50.1 Å². The van der Waals surface area contributed by atoms with E-state index < -0.39 is 10.0 Å². The first-order chi connectivity index (χ1) is 11.0. The Balaban J connectivity index is 1.94. The number of ether oxygens (including phenoxy) is 1. The van der Waals surface area contributed by atoms with Crippen LogP contribution in [0.5, 0.6) is 5.75 Å². The first kappa shape index (κ1) is 18.2. The lowest BCUT2D eigenvalue weighted by molar-refractivity contribution is 0.0923. The second-order valence-corrected chi connectivity index (χ2v) is 7.66. The van der Waals surface area contributed by atoms with Crippen LogP contribution in [0.1, 0.15) is 24.8 Å². The number of nitrogens with zero attached hydrogens (tertiary/aromatic N) is 1. The van der Waals surface area contributed by atoms with E-state index >= 15 is 0 Å². The van der Waals surface area contributed by atoms with E-state index in [9.17, 15) is 13.5 Å². The molecule has 1 aliphatic heterocycles. The maximum atomic E-state index is 12.4. The van der Waals surface area contributed by atoms with Crippen LogP contribution in [0.2, 0.25) is 0 Å². The SMILES string of the molecule is COc1ccc(S(=O)(=O)NCCN2CCCCC2CO)cc1C. The zero-order chi connectivity index (χ0) is 16.9. The van der Waals surface area contributed by atoms with Gasteiger partial charge in [0.15, 0.2) is 0 Å². The Bertz CT molecular complexity index is 619. The summed E-state index contributed by atoms with van der Waals surface area (Å²) in [5.41, 5.74) is 0.784. The van der Waals surface area contributed by atoms with E-state index in [1.165, 1.54) is 0 Å². The van der Waals surface area contributed by atoms with Crippen LogP contribution in [-0.4, -0.2) is 57.8 Å². The van der Waals surface area contributed by atoms with Crippen LogP contribution in [-0.2, 0) is 10.0 Å². The predicted octanol–water partition coefficient (Wildman–Crippen LogP) is 1.13. The van der Waals surface area contributed by atoms with Gasteiger partial charge in [0.2, 0.25) is 10.0 Å². The maximum absolute atomic E-state index is 12.4. The van der Waals surface area contributed by atoms with E-state index in [4.69, 9.17) is 4.74 Å². The highest BCUT2D eigenvalue weighted by atomic mass is 32.2. The van der Waals surface area contributed by atoms with Gasteiger partial charge in [0.1, 0.15) is 5.75 Å². The first-order valence-electron chi connectivity index (χ1n) is 7.97. The molecule has 7 heteroatoms. The number of aryl methyl sites for hydroxylation is 1. The van der Waals surface area contributed by atoms with Gasteiger partial charge >= 0.3 is 0 Å². The summed E-state index contributed by atoms with van der Waals surface area (Å²) in [6, 6.07) is 4.97. The molecule has 1 saturated heterocycles. The van der Waals surface area contributed by atoms with Crippen molar-refractivity contribution < 1.29 is 18.3 Å². The van der Waals surface area contributed by atoms with Crippen LogP contribution < -0.4 is 9.46 Å². The summed E-state index contributed by atoms with van der Waals surface area (Å²) in [6.45, 7) is 3.81. The minimum absolute atomic E-state index is 0.129. The number of methoxy groups -OCH3 is 1. The molecule has 23 heavy (non-hydrogen) atoms. The van der Waals surface area contributed by atoms with Gasteiger partial charge in [0, 0.05) is 19.1 Å². The Morgan fingerprint density at radius 3 is 2.83 bits per heavy atom. The Morgan fingerprint density at radius 1 is 1.39 bits per heavy atom. The molecule has 2 N–H and O–H groups in total. The Hall–Kier alpha value is -1.15. The van der Waals surface area contributed by atoms with Gasteiger partial charge in [0.25, 0.3) is 0 Å². The van der Waals surface area contributed by atoms with E-state index in [0.717, 1.165) is 31.4 Å². The Morgan fingerprint density at radius 2 is 2.17 bits per heavy atom. The summed E-state index contributed by atoms with van der Waals surface area (Å²) in [5, 5.41) is 9.39. The number of piperidine rings is 1. The molecule has 0 radical (unpaired) electrons. The number of aliphatic hydroxyl groups is 1. The largest absolute Gasteiger partial charge is 0.496 e. The highest BCUT2D eigenvalue weighted by Gasteiger charge is 2.22.